The third-order valence-electron chi connectivity index (χ3n) is 3.19. The monoisotopic (exact) mass is 300 g/mol. The predicted molar refractivity (Wildman–Crippen MR) is 83.4 cm³/mol. The summed E-state index contributed by atoms with van der Waals surface area (Å²) in [6.45, 7) is 6.22. The highest BCUT2D eigenvalue weighted by Crippen LogP contribution is 2.28. The summed E-state index contributed by atoms with van der Waals surface area (Å²) in [5.74, 6) is 0.524. The van der Waals surface area contributed by atoms with Gasteiger partial charge in [0.25, 0.3) is 0 Å². The van der Waals surface area contributed by atoms with E-state index in [1.165, 1.54) is 11.3 Å². The van der Waals surface area contributed by atoms with Gasteiger partial charge in [-0.2, -0.15) is 0 Å². The minimum absolute atomic E-state index is 0.203. The van der Waals surface area contributed by atoms with Crippen LogP contribution in [-0.4, -0.2) is 15.2 Å². The van der Waals surface area contributed by atoms with Gasteiger partial charge in [0.05, 0.1) is 16.7 Å². The number of aryl methyl sites for hydroxylation is 2. The van der Waals surface area contributed by atoms with Gasteiger partial charge >= 0.3 is 0 Å². The second-order valence-corrected chi connectivity index (χ2v) is 6.11. The molecule has 3 rings (SSSR count). The highest BCUT2D eigenvalue weighted by atomic mass is 32.1. The fraction of sp³-hybridized carbons (Fsp3) is 0.267. The van der Waals surface area contributed by atoms with E-state index >= 15 is 0 Å². The van der Waals surface area contributed by atoms with Crippen molar-refractivity contribution in [3.05, 3.63) is 46.2 Å². The van der Waals surface area contributed by atoms with Crippen LogP contribution in [0, 0.1) is 13.8 Å². The summed E-state index contributed by atoms with van der Waals surface area (Å²) < 4.78 is 5.23. The summed E-state index contributed by atoms with van der Waals surface area (Å²) >= 11 is 1.73. The molecule has 1 aromatic carbocycles. The SMILES string of the molecule is Cc1nc(C)c(C(C)Nc2cccc(-c3nnco3)c2)s1. The van der Waals surface area contributed by atoms with Crippen molar-refractivity contribution in [1.29, 1.82) is 0 Å². The molecule has 0 radical (unpaired) electrons. The lowest BCUT2D eigenvalue weighted by Crippen LogP contribution is -2.06. The first kappa shape index (κ1) is 13.8. The van der Waals surface area contributed by atoms with Crippen molar-refractivity contribution in [2.45, 2.75) is 26.8 Å². The van der Waals surface area contributed by atoms with Gasteiger partial charge in [-0.3, -0.25) is 0 Å². The first-order valence-corrected chi connectivity index (χ1v) is 7.52. The third-order valence-corrected chi connectivity index (χ3v) is 4.44. The van der Waals surface area contributed by atoms with Crippen LogP contribution in [-0.2, 0) is 0 Å². The number of nitrogens with one attached hydrogen (secondary N) is 1. The van der Waals surface area contributed by atoms with Gasteiger partial charge in [-0.15, -0.1) is 21.5 Å². The van der Waals surface area contributed by atoms with Crippen LogP contribution in [0.15, 0.2) is 35.1 Å². The van der Waals surface area contributed by atoms with E-state index < -0.39 is 0 Å². The predicted octanol–water partition coefficient (Wildman–Crippen LogP) is 3.98. The fourth-order valence-electron chi connectivity index (χ4n) is 2.31. The number of benzene rings is 1. The molecule has 0 bridgehead atoms. The zero-order chi connectivity index (χ0) is 14.8. The topological polar surface area (TPSA) is 63.8 Å². The Bertz CT molecular complexity index is 736. The maximum Gasteiger partial charge on any atom is 0.247 e. The van der Waals surface area contributed by atoms with Gasteiger partial charge in [0, 0.05) is 16.1 Å². The maximum absolute atomic E-state index is 5.23. The van der Waals surface area contributed by atoms with E-state index in [1.807, 2.05) is 38.1 Å². The van der Waals surface area contributed by atoms with Crippen molar-refractivity contribution in [1.82, 2.24) is 15.2 Å². The molecule has 0 aliphatic heterocycles. The van der Waals surface area contributed by atoms with Gasteiger partial charge in [-0.25, -0.2) is 4.98 Å². The molecular formula is C15H16N4OS. The Morgan fingerprint density at radius 1 is 1.29 bits per heavy atom. The van der Waals surface area contributed by atoms with Gasteiger partial charge in [-0.05, 0) is 39.0 Å². The molecule has 2 heterocycles. The van der Waals surface area contributed by atoms with Crippen molar-refractivity contribution < 1.29 is 4.42 Å². The number of nitrogens with zero attached hydrogens (tertiary/aromatic N) is 3. The summed E-state index contributed by atoms with van der Waals surface area (Å²) in [7, 11) is 0. The molecule has 0 aliphatic carbocycles. The summed E-state index contributed by atoms with van der Waals surface area (Å²) in [4.78, 5) is 5.74. The van der Waals surface area contributed by atoms with Gasteiger partial charge in [0.15, 0.2) is 0 Å². The minimum atomic E-state index is 0.203. The Morgan fingerprint density at radius 2 is 2.14 bits per heavy atom. The molecule has 1 unspecified atom stereocenters. The van der Waals surface area contributed by atoms with E-state index in [0.29, 0.717) is 5.89 Å². The Balaban J connectivity index is 1.82. The van der Waals surface area contributed by atoms with Crippen molar-refractivity contribution in [3.63, 3.8) is 0 Å². The zero-order valence-corrected chi connectivity index (χ0v) is 12.9. The van der Waals surface area contributed by atoms with E-state index in [1.54, 1.807) is 11.3 Å². The maximum atomic E-state index is 5.23. The van der Waals surface area contributed by atoms with Crippen LogP contribution in [0.1, 0.15) is 28.5 Å². The number of aromatic nitrogens is 3. The molecule has 0 saturated heterocycles. The lowest BCUT2D eigenvalue weighted by molar-refractivity contribution is 0.568. The van der Waals surface area contributed by atoms with Gasteiger partial charge < -0.3 is 9.73 Å². The van der Waals surface area contributed by atoms with E-state index in [9.17, 15) is 0 Å². The Kier molecular flexibility index (Phi) is 3.70. The van der Waals surface area contributed by atoms with E-state index in [0.717, 1.165) is 22.0 Å². The molecule has 0 spiro atoms. The molecule has 1 atom stereocenters. The molecule has 2 aromatic heterocycles. The fourth-order valence-corrected chi connectivity index (χ4v) is 3.24. The van der Waals surface area contributed by atoms with Crippen molar-refractivity contribution in [3.8, 4) is 11.5 Å². The van der Waals surface area contributed by atoms with Crippen LogP contribution < -0.4 is 5.32 Å². The first-order chi connectivity index (χ1) is 10.1. The van der Waals surface area contributed by atoms with E-state index in [2.05, 4.69) is 27.4 Å². The van der Waals surface area contributed by atoms with Gasteiger partial charge in [-0.1, -0.05) is 6.07 Å². The number of hydrogen-bond acceptors (Lipinski definition) is 6. The second kappa shape index (κ2) is 5.65. The van der Waals surface area contributed by atoms with Crippen molar-refractivity contribution >= 4 is 17.0 Å². The normalized spacial score (nSPS) is 12.3. The molecule has 5 nitrogen and oxygen atoms in total. The molecule has 21 heavy (non-hydrogen) atoms. The molecule has 3 aromatic rings. The second-order valence-electron chi connectivity index (χ2n) is 4.87. The molecular weight excluding hydrogens is 284 g/mol. The largest absolute Gasteiger partial charge is 0.423 e. The minimum Gasteiger partial charge on any atom is -0.423 e. The smallest absolute Gasteiger partial charge is 0.247 e. The Labute approximate surface area is 127 Å². The number of anilines is 1. The average molecular weight is 300 g/mol. The van der Waals surface area contributed by atoms with E-state index in [-0.39, 0.29) is 6.04 Å². The third kappa shape index (κ3) is 2.95. The quantitative estimate of drug-likeness (QED) is 0.789. The molecule has 0 fully saturated rings. The number of hydrogen-bond donors (Lipinski definition) is 1. The Morgan fingerprint density at radius 3 is 2.81 bits per heavy atom. The molecule has 108 valence electrons. The molecule has 0 amide bonds. The van der Waals surface area contributed by atoms with Gasteiger partial charge in [0.2, 0.25) is 12.3 Å². The van der Waals surface area contributed by atoms with Gasteiger partial charge in [0.1, 0.15) is 0 Å². The molecule has 1 N–H and O–H groups in total. The lowest BCUT2D eigenvalue weighted by Gasteiger charge is -2.14. The van der Waals surface area contributed by atoms with Crippen LogP contribution in [0.25, 0.3) is 11.5 Å². The van der Waals surface area contributed by atoms with E-state index in [4.69, 9.17) is 4.42 Å². The summed E-state index contributed by atoms with van der Waals surface area (Å²) in [5, 5.41) is 12.2. The highest BCUT2D eigenvalue weighted by molar-refractivity contribution is 7.11. The summed E-state index contributed by atoms with van der Waals surface area (Å²) in [6, 6.07) is 8.16. The molecule has 0 aliphatic rings. The Hall–Kier alpha value is -2.21. The zero-order valence-electron chi connectivity index (χ0n) is 12.1. The van der Waals surface area contributed by atoms with Crippen molar-refractivity contribution in [2.24, 2.45) is 0 Å². The van der Waals surface area contributed by atoms with Crippen LogP contribution in [0.4, 0.5) is 5.69 Å². The number of thiazole rings is 1. The summed E-state index contributed by atoms with van der Waals surface area (Å²) in [5.41, 5.74) is 3.01. The molecule has 0 saturated carbocycles. The number of rotatable bonds is 4. The standard InChI is InChI=1S/C15H16N4OS/c1-9-14(21-11(3)17-9)10(2)18-13-6-4-5-12(7-13)15-19-16-8-20-15/h4-8,10,18H,1-3H3. The van der Waals surface area contributed by atoms with Crippen molar-refractivity contribution in [2.75, 3.05) is 5.32 Å². The van der Waals surface area contributed by atoms with Crippen LogP contribution in [0.5, 0.6) is 0 Å². The first-order valence-electron chi connectivity index (χ1n) is 6.70. The average Bonchev–Trinajstić information content (AvgIpc) is 3.08. The molecule has 6 heteroatoms. The lowest BCUT2D eigenvalue weighted by atomic mass is 10.1. The van der Waals surface area contributed by atoms with Crippen LogP contribution in [0.3, 0.4) is 0 Å². The van der Waals surface area contributed by atoms with Crippen LogP contribution >= 0.6 is 11.3 Å². The highest BCUT2D eigenvalue weighted by Gasteiger charge is 2.13. The van der Waals surface area contributed by atoms with Crippen LogP contribution in [0.2, 0.25) is 0 Å². The summed E-state index contributed by atoms with van der Waals surface area (Å²) in [6.07, 6.45) is 1.33.